The number of amides is 1. The van der Waals surface area contributed by atoms with E-state index < -0.39 is 0 Å². The molecule has 1 amide bonds. The van der Waals surface area contributed by atoms with Crippen LogP contribution in [0, 0.1) is 0 Å². The van der Waals surface area contributed by atoms with E-state index >= 15 is 0 Å². The lowest BCUT2D eigenvalue weighted by Gasteiger charge is -1.98. The molecule has 0 unspecified atom stereocenters. The Kier molecular flexibility index (Phi) is 3.41. The Morgan fingerprint density at radius 3 is 3.23 bits per heavy atom. The summed E-state index contributed by atoms with van der Waals surface area (Å²) in [5.74, 6) is 4.61. The number of hydrogen-bond donors (Lipinski definition) is 2. The molecular formula is C7H12N4O2. The first kappa shape index (κ1) is 9.69. The molecule has 13 heavy (non-hydrogen) atoms. The van der Waals surface area contributed by atoms with E-state index in [2.05, 4.69) is 5.10 Å². The molecule has 0 saturated carbocycles. The van der Waals surface area contributed by atoms with Gasteiger partial charge in [0.05, 0.1) is 24.9 Å². The van der Waals surface area contributed by atoms with Crippen molar-refractivity contribution in [2.45, 2.75) is 6.54 Å². The van der Waals surface area contributed by atoms with Crippen LogP contribution < -0.4 is 11.3 Å². The summed E-state index contributed by atoms with van der Waals surface area (Å²) in [5, 5.41) is 3.94. The van der Waals surface area contributed by atoms with Crippen LogP contribution in [0.5, 0.6) is 0 Å². The monoisotopic (exact) mass is 184 g/mol. The number of rotatable bonds is 4. The Morgan fingerprint density at radius 1 is 1.85 bits per heavy atom. The van der Waals surface area contributed by atoms with Crippen LogP contribution in [-0.2, 0) is 11.3 Å². The zero-order chi connectivity index (χ0) is 9.68. The van der Waals surface area contributed by atoms with Gasteiger partial charge in [-0.05, 0) is 0 Å². The highest BCUT2D eigenvalue weighted by atomic mass is 16.5. The summed E-state index contributed by atoms with van der Waals surface area (Å²) in [6, 6.07) is 0. The lowest BCUT2D eigenvalue weighted by molar-refractivity contribution is 0.0953. The smallest absolute Gasteiger partial charge is 0.268 e. The summed E-state index contributed by atoms with van der Waals surface area (Å²) in [4.78, 5) is 11.0. The number of aromatic nitrogens is 2. The Hall–Kier alpha value is -1.40. The van der Waals surface area contributed by atoms with E-state index in [0.717, 1.165) is 0 Å². The Bertz CT molecular complexity index is 284. The van der Waals surface area contributed by atoms with E-state index in [1.54, 1.807) is 18.0 Å². The van der Waals surface area contributed by atoms with Gasteiger partial charge in [0.1, 0.15) is 0 Å². The minimum absolute atomic E-state index is 0.344. The molecule has 1 aromatic heterocycles. The fourth-order valence-electron chi connectivity index (χ4n) is 0.871. The van der Waals surface area contributed by atoms with Crippen molar-refractivity contribution in [1.82, 2.24) is 15.2 Å². The van der Waals surface area contributed by atoms with Gasteiger partial charge in [-0.25, -0.2) is 5.84 Å². The van der Waals surface area contributed by atoms with Crippen LogP contribution in [0.15, 0.2) is 12.4 Å². The molecular weight excluding hydrogens is 172 g/mol. The predicted octanol–water partition coefficient (Wildman–Crippen LogP) is -0.867. The Balaban J connectivity index is 2.58. The van der Waals surface area contributed by atoms with E-state index in [9.17, 15) is 4.79 Å². The van der Waals surface area contributed by atoms with Crippen LogP contribution in [0.1, 0.15) is 10.4 Å². The first-order valence-electron chi connectivity index (χ1n) is 3.80. The summed E-state index contributed by atoms with van der Waals surface area (Å²) < 4.78 is 6.47. The van der Waals surface area contributed by atoms with E-state index in [0.29, 0.717) is 18.7 Å². The van der Waals surface area contributed by atoms with Gasteiger partial charge in [0.25, 0.3) is 5.91 Å². The van der Waals surface area contributed by atoms with Gasteiger partial charge in [0.2, 0.25) is 0 Å². The third-order valence-electron chi connectivity index (χ3n) is 1.55. The van der Waals surface area contributed by atoms with Crippen molar-refractivity contribution in [3.8, 4) is 0 Å². The van der Waals surface area contributed by atoms with Crippen LogP contribution in [0.4, 0.5) is 0 Å². The SMILES string of the molecule is COCCn1cc(C(=O)NN)cn1. The van der Waals surface area contributed by atoms with Crippen LogP contribution in [0.2, 0.25) is 0 Å². The van der Waals surface area contributed by atoms with Crippen molar-refractivity contribution in [2.24, 2.45) is 5.84 Å². The topological polar surface area (TPSA) is 82.2 Å². The first-order valence-corrected chi connectivity index (χ1v) is 3.80. The van der Waals surface area contributed by atoms with E-state index in [1.807, 2.05) is 5.43 Å². The predicted molar refractivity (Wildman–Crippen MR) is 45.8 cm³/mol. The van der Waals surface area contributed by atoms with Crippen molar-refractivity contribution in [1.29, 1.82) is 0 Å². The maximum atomic E-state index is 11.0. The second kappa shape index (κ2) is 4.58. The molecule has 0 radical (unpaired) electrons. The number of carbonyl (C=O) groups excluding carboxylic acids is 1. The molecule has 0 fully saturated rings. The van der Waals surface area contributed by atoms with Gasteiger partial charge in [-0.3, -0.25) is 14.9 Å². The summed E-state index contributed by atoms with van der Waals surface area (Å²) in [7, 11) is 1.61. The first-order chi connectivity index (χ1) is 6.27. The summed E-state index contributed by atoms with van der Waals surface area (Å²) >= 11 is 0. The molecule has 0 atom stereocenters. The average Bonchev–Trinajstić information content (AvgIpc) is 2.62. The number of carbonyl (C=O) groups is 1. The van der Waals surface area contributed by atoms with Gasteiger partial charge in [-0.15, -0.1) is 0 Å². The molecule has 0 aliphatic heterocycles. The fraction of sp³-hybridized carbons (Fsp3) is 0.429. The van der Waals surface area contributed by atoms with E-state index in [4.69, 9.17) is 10.6 Å². The second-order valence-corrected chi connectivity index (χ2v) is 2.46. The van der Waals surface area contributed by atoms with Gasteiger partial charge < -0.3 is 4.74 Å². The van der Waals surface area contributed by atoms with Gasteiger partial charge >= 0.3 is 0 Å². The number of nitrogens with two attached hydrogens (primary N) is 1. The van der Waals surface area contributed by atoms with E-state index in [1.165, 1.54) is 6.20 Å². The molecule has 1 heterocycles. The fourth-order valence-corrected chi connectivity index (χ4v) is 0.871. The molecule has 0 aliphatic rings. The largest absolute Gasteiger partial charge is 0.383 e. The molecule has 0 saturated heterocycles. The standard InChI is InChI=1S/C7H12N4O2/c1-13-3-2-11-5-6(4-9-11)7(12)10-8/h4-5H,2-3,8H2,1H3,(H,10,12). The van der Waals surface area contributed by atoms with Crippen LogP contribution >= 0.6 is 0 Å². The molecule has 3 N–H and O–H groups in total. The molecule has 6 heteroatoms. The number of nitrogens with zero attached hydrogens (tertiary/aromatic N) is 2. The second-order valence-electron chi connectivity index (χ2n) is 2.46. The molecule has 0 spiro atoms. The average molecular weight is 184 g/mol. The van der Waals surface area contributed by atoms with Gasteiger partial charge in [0, 0.05) is 13.3 Å². The summed E-state index contributed by atoms with van der Waals surface area (Å²) in [6.45, 7) is 1.18. The maximum Gasteiger partial charge on any atom is 0.268 e. The molecule has 1 rings (SSSR count). The molecule has 1 aromatic rings. The summed E-state index contributed by atoms with van der Waals surface area (Å²) in [5.41, 5.74) is 2.47. The minimum Gasteiger partial charge on any atom is -0.383 e. The van der Waals surface area contributed by atoms with Crippen molar-refractivity contribution in [2.75, 3.05) is 13.7 Å². The number of hydrogen-bond acceptors (Lipinski definition) is 4. The van der Waals surface area contributed by atoms with Gasteiger partial charge in [-0.1, -0.05) is 0 Å². The Labute approximate surface area is 75.6 Å². The van der Waals surface area contributed by atoms with Crippen molar-refractivity contribution < 1.29 is 9.53 Å². The molecule has 72 valence electrons. The lowest BCUT2D eigenvalue weighted by atomic mass is 10.3. The number of nitrogen functional groups attached to an aromatic ring is 1. The molecule has 0 bridgehead atoms. The van der Waals surface area contributed by atoms with Gasteiger partial charge in [-0.2, -0.15) is 5.10 Å². The van der Waals surface area contributed by atoms with Crippen LogP contribution in [0.25, 0.3) is 0 Å². The molecule has 0 aromatic carbocycles. The number of hydrazine groups is 1. The minimum atomic E-state index is -0.344. The zero-order valence-corrected chi connectivity index (χ0v) is 7.36. The zero-order valence-electron chi connectivity index (χ0n) is 7.36. The number of ether oxygens (including phenoxy) is 1. The quantitative estimate of drug-likeness (QED) is 0.362. The molecule has 0 aliphatic carbocycles. The normalized spacial score (nSPS) is 10.0. The Morgan fingerprint density at radius 2 is 2.62 bits per heavy atom. The van der Waals surface area contributed by atoms with Crippen LogP contribution in [-0.4, -0.2) is 29.4 Å². The summed E-state index contributed by atoms with van der Waals surface area (Å²) in [6.07, 6.45) is 3.07. The highest BCUT2D eigenvalue weighted by Crippen LogP contribution is 1.96. The number of nitrogens with one attached hydrogen (secondary N) is 1. The molecule has 6 nitrogen and oxygen atoms in total. The van der Waals surface area contributed by atoms with E-state index in [-0.39, 0.29) is 5.91 Å². The highest BCUT2D eigenvalue weighted by molar-refractivity contribution is 5.93. The third kappa shape index (κ3) is 2.53. The lowest BCUT2D eigenvalue weighted by Crippen LogP contribution is -2.29. The van der Waals surface area contributed by atoms with Crippen molar-refractivity contribution >= 4 is 5.91 Å². The van der Waals surface area contributed by atoms with Crippen molar-refractivity contribution in [3.05, 3.63) is 18.0 Å². The van der Waals surface area contributed by atoms with Crippen molar-refractivity contribution in [3.63, 3.8) is 0 Å². The van der Waals surface area contributed by atoms with Crippen LogP contribution in [0.3, 0.4) is 0 Å². The third-order valence-corrected chi connectivity index (χ3v) is 1.55. The highest BCUT2D eigenvalue weighted by Gasteiger charge is 2.05. The van der Waals surface area contributed by atoms with Gasteiger partial charge in [0.15, 0.2) is 0 Å². The number of methoxy groups -OCH3 is 1. The maximum absolute atomic E-state index is 11.0.